The highest BCUT2D eigenvalue weighted by atomic mass is 79.9. The summed E-state index contributed by atoms with van der Waals surface area (Å²) in [5.41, 5.74) is 2.67. The van der Waals surface area contributed by atoms with Gasteiger partial charge in [0.25, 0.3) is 0 Å². The average molecular weight is 296 g/mol. The molecule has 0 unspecified atom stereocenters. The van der Waals surface area contributed by atoms with Crippen LogP contribution >= 0.6 is 15.9 Å². The number of methoxy groups -OCH3 is 1. The molecule has 0 bridgehead atoms. The lowest BCUT2D eigenvalue weighted by atomic mass is 9.98. The molecule has 0 spiro atoms. The molecule has 1 heterocycles. The Kier molecular flexibility index (Phi) is 2.43. The maximum Gasteiger partial charge on any atom is 0.409 e. The fraction of sp³-hybridized carbons (Fsp3) is 0.462. The predicted molar refractivity (Wildman–Crippen MR) is 68.3 cm³/mol. The lowest BCUT2D eigenvalue weighted by molar-refractivity contribution is 0.118. The number of benzene rings is 1. The molecule has 0 aromatic heterocycles. The summed E-state index contributed by atoms with van der Waals surface area (Å²) >= 11 is 3.86. The monoisotopic (exact) mass is 295 g/mol. The minimum absolute atomic E-state index is 0.0716. The number of halogens is 1. The van der Waals surface area contributed by atoms with Gasteiger partial charge in [-0.2, -0.15) is 0 Å². The van der Waals surface area contributed by atoms with Crippen LogP contribution in [0.25, 0.3) is 0 Å². The van der Waals surface area contributed by atoms with Gasteiger partial charge in [-0.05, 0) is 24.0 Å². The molecule has 2 atom stereocenters. The van der Waals surface area contributed by atoms with E-state index >= 15 is 0 Å². The van der Waals surface area contributed by atoms with Crippen LogP contribution in [0.1, 0.15) is 17.5 Å². The average Bonchev–Trinajstić information content (AvgIpc) is 2.81. The third-order valence-corrected chi connectivity index (χ3v) is 5.26. The molecule has 3 rings (SSSR count). The zero-order chi connectivity index (χ0) is 12.0. The molecule has 0 saturated carbocycles. The van der Waals surface area contributed by atoms with Gasteiger partial charge in [0.1, 0.15) is 0 Å². The lowest BCUT2D eigenvalue weighted by Crippen LogP contribution is -2.40. The molecular weight excluding hydrogens is 282 g/mol. The first-order valence-electron chi connectivity index (χ1n) is 5.78. The highest BCUT2D eigenvalue weighted by Gasteiger charge is 2.53. The van der Waals surface area contributed by atoms with E-state index in [9.17, 15) is 4.79 Å². The number of likely N-dealkylation sites (tertiary alicyclic amines) is 1. The van der Waals surface area contributed by atoms with Gasteiger partial charge < -0.3 is 9.64 Å². The highest BCUT2D eigenvalue weighted by Crippen LogP contribution is 2.52. The molecule has 4 heteroatoms. The molecular formula is C13H14BrNO2. The number of ether oxygens (including phenoxy) is 1. The Hall–Kier alpha value is -1.03. The zero-order valence-electron chi connectivity index (χ0n) is 9.65. The van der Waals surface area contributed by atoms with Gasteiger partial charge in [-0.1, -0.05) is 40.2 Å². The fourth-order valence-electron chi connectivity index (χ4n) is 3.09. The molecule has 3 nitrogen and oxygen atoms in total. The van der Waals surface area contributed by atoms with Crippen molar-refractivity contribution in [3.63, 3.8) is 0 Å². The number of nitrogens with zero attached hydrogens (tertiary/aromatic N) is 1. The van der Waals surface area contributed by atoms with Crippen molar-refractivity contribution in [1.29, 1.82) is 0 Å². The maximum absolute atomic E-state index is 11.7. The van der Waals surface area contributed by atoms with Crippen LogP contribution in [0.15, 0.2) is 24.3 Å². The van der Waals surface area contributed by atoms with Gasteiger partial charge in [0.05, 0.1) is 17.5 Å². The summed E-state index contributed by atoms with van der Waals surface area (Å²) in [5.74, 6) is 0. The van der Waals surface area contributed by atoms with Crippen molar-refractivity contribution in [2.75, 3.05) is 13.7 Å². The summed E-state index contributed by atoms with van der Waals surface area (Å²) in [4.78, 5) is 13.6. The SMILES string of the molecule is COC(=O)N1CC[C@@]2(Br)c3ccccc3C[C@@H]12. The van der Waals surface area contributed by atoms with Crippen LogP contribution in [0.4, 0.5) is 4.79 Å². The normalized spacial score (nSPS) is 30.0. The molecule has 1 aliphatic heterocycles. The van der Waals surface area contributed by atoms with Crippen molar-refractivity contribution in [2.24, 2.45) is 0 Å². The first-order valence-corrected chi connectivity index (χ1v) is 6.58. The molecule has 2 aliphatic rings. The minimum Gasteiger partial charge on any atom is -0.453 e. The van der Waals surface area contributed by atoms with Crippen LogP contribution in [-0.2, 0) is 15.5 Å². The van der Waals surface area contributed by atoms with E-state index in [1.165, 1.54) is 18.2 Å². The first kappa shape index (κ1) is 11.1. The van der Waals surface area contributed by atoms with E-state index in [1.54, 1.807) is 0 Å². The number of hydrogen-bond acceptors (Lipinski definition) is 2. The van der Waals surface area contributed by atoms with Crippen molar-refractivity contribution < 1.29 is 9.53 Å². The van der Waals surface area contributed by atoms with Crippen molar-refractivity contribution in [2.45, 2.75) is 23.2 Å². The van der Waals surface area contributed by atoms with Gasteiger partial charge in [-0.3, -0.25) is 0 Å². The number of carbonyl (C=O) groups is 1. The molecule has 1 amide bonds. The molecule has 1 fully saturated rings. The van der Waals surface area contributed by atoms with Crippen LogP contribution in [0.2, 0.25) is 0 Å². The molecule has 17 heavy (non-hydrogen) atoms. The minimum atomic E-state index is -0.218. The van der Waals surface area contributed by atoms with Crippen molar-refractivity contribution >= 4 is 22.0 Å². The Labute approximate surface area is 109 Å². The fourth-order valence-corrected chi connectivity index (χ4v) is 4.06. The molecule has 1 aliphatic carbocycles. The number of fused-ring (bicyclic) bond motifs is 3. The summed E-state index contributed by atoms with van der Waals surface area (Å²) in [6.45, 7) is 0.761. The Morgan fingerprint density at radius 3 is 3.06 bits per heavy atom. The standard InChI is InChI=1S/C13H14BrNO2/c1-17-12(16)15-7-6-13(14)10-5-3-2-4-9(10)8-11(13)15/h2-5,11H,6-8H2,1H3/t11-,13-/m1/s1. The number of rotatable bonds is 0. The first-order chi connectivity index (χ1) is 8.16. The van der Waals surface area contributed by atoms with E-state index in [4.69, 9.17) is 4.74 Å². The van der Waals surface area contributed by atoms with E-state index in [0.717, 1.165) is 19.4 Å². The molecule has 0 radical (unpaired) electrons. The summed E-state index contributed by atoms with van der Waals surface area (Å²) in [7, 11) is 1.44. The second-order valence-electron chi connectivity index (χ2n) is 4.65. The van der Waals surface area contributed by atoms with E-state index in [0.29, 0.717) is 0 Å². The zero-order valence-corrected chi connectivity index (χ0v) is 11.2. The van der Waals surface area contributed by atoms with E-state index in [1.807, 2.05) is 4.90 Å². The molecule has 1 aromatic rings. The Balaban J connectivity index is 2.00. The Morgan fingerprint density at radius 2 is 2.29 bits per heavy atom. The van der Waals surface area contributed by atoms with Gasteiger partial charge in [0.15, 0.2) is 0 Å². The molecule has 1 saturated heterocycles. The summed E-state index contributed by atoms with van der Waals surface area (Å²) in [5, 5.41) is 0. The Morgan fingerprint density at radius 1 is 1.53 bits per heavy atom. The smallest absolute Gasteiger partial charge is 0.409 e. The Bertz CT molecular complexity index is 476. The summed E-state index contributed by atoms with van der Waals surface area (Å²) in [6.07, 6.45) is 1.64. The topological polar surface area (TPSA) is 29.5 Å². The lowest BCUT2D eigenvalue weighted by Gasteiger charge is -2.27. The number of amides is 1. The van der Waals surface area contributed by atoms with Crippen LogP contribution in [0.5, 0.6) is 0 Å². The summed E-state index contributed by atoms with van der Waals surface area (Å²) in [6, 6.07) is 8.60. The maximum atomic E-state index is 11.7. The van der Waals surface area contributed by atoms with Gasteiger partial charge in [0, 0.05) is 6.54 Å². The van der Waals surface area contributed by atoms with Gasteiger partial charge in [-0.25, -0.2) is 4.79 Å². The van der Waals surface area contributed by atoms with Crippen LogP contribution in [-0.4, -0.2) is 30.7 Å². The van der Waals surface area contributed by atoms with E-state index in [-0.39, 0.29) is 16.5 Å². The molecule has 0 N–H and O–H groups in total. The van der Waals surface area contributed by atoms with Crippen LogP contribution in [0.3, 0.4) is 0 Å². The second kappa shape index (κ2) is 3.73. The van der Waals surface area contributed by atoms with Crippen molar-refractivity contribution in [3.8, 4) is 0 Å². The van der Waals surface area contributed by atoms with Gasteiger partial charge in [0.2, 0.25) is 0 Å². The second-order valence-corrected chi connectivity index (χ2v) is 6.07. The predicted octanol–water partition coefficient (Wildman–Crippen LogP) is 2.67. The van der Waals surface area contributed by atoms with E-state index < -0.39 is 0 Å². The van der Waals surface area contributed by atoms with Crippen LogP contribution in [0, 0.1) is 0 Å². The number of hydrogen-bond donors (Lipinski definition) is 0. The van der Waals surface area contributed by atoms with Gasteiger partial charge >= 0.3 is 6.09 Å². The molecule has 1 aromatic carbocycles. The third kappa shape index (κ3) is 1.43. The largest absolute Gasteiger partial charge is 0.453 e. The van der Waals surface area contributed by atoms with Gasteiger partial charge in [-0.15, -0.1) is 0 Å². The van der Waals surface area contributed by atoms with Crippen LogP contribution < -0.4 is 0 Å². The van der Waals surface area contributed by atoms with E-state index in [2.05, 4.69) is 40.2 Å². The van der Waals surface area contributed by atoms with Crippen molar-refractivity contribution in [1.82, 2.24) is 4.90 Å². The quantitative estimate of drug-likeness (QED) is 0.689. The number of alkyl halides is 1. The summed E-state index contributed by atoms with van der Waals surface area (Å²) < 4.78 is 4.78. The third-order valence-electron chi connectivity index (χ3n) is 3.91. The highest BCUT2D eigenvalue weighted by molar-refractivity contribution is 9.09. The molecule has 90 valence electrons. The van der Waals surface area contributed by atoms with Crippen molar-refractivity contribution in [3.05, 3.63) is 35.4 Å². The number of carbonyl (C=O) groups excluding carboxylic acids is 1.